The maximum atomic E-state index is 7.26. The number of rotatable bonds is 7. The Hall–Kier alpha value is -1.04. The molecule has 0 saturated carbocycles. The minimum atomic E-state index is 0.127. The van der Waals surface area contributed by atoms with Gasteiger partial charge in [0.1, 0.15) is 5.82 Å². The number of nitrogens with zero attached hydrogens (tertiary/aromatic N) is 2. The number of hydrogen-bond acceptors (Lipinski definition) is 4. The zero-order chi connectivity index (χ0) is 13.5. The Morgan fingerprint density at radius 3 is 2.78 bits per heavy atom. The Morgan fingerprint density at radius 2 is 2.22 bits per heavy atom. The summed E-state index contributed by atoms with van der Waals surface area (Å²) in [6.45, 7) is 1.73. The van der Waals surface area contributed by atoms with Gasteiger partial charge >= 0.3 is 0 Å². The van der Waals surface area contributed by atoms with Crippen molar-refractivity contribution >= 4 is 34.9 Å². The van der Waals surface area contributed by atoms with Gasteiger partial charge in [0.15, 0.2) is 0 Å². The van der Waals surface area contributed by atoms with Gasteiger partial charge in [0.2, 0.25) is 0 Å². The Balaban J connectivity index is 2.82. The SMILES string of the molecule is COCCN(CCC(=N)N)c1ncc(Cl)cc1Cl. The van der Waals surface area contributed by atoms with Gasteiger partial charge in [-0.1, -0.05) is 23.2 Å². The fourth-order valence-corrected chi connectivity index (χ4v) is 1.92. The molecule has 1 aromatic heterocycles. The molecule has 0 aliphatic carbocycles. The molecule has 0 atom stereocenters. The van der Waals surface area contributed by atoms with Crippen molar-refractivity contribution in [1.82, 2.24) is 4.98 Å². The summed E-state index contributed by atoms with van der Waals surface area (Å²) >= 11 is 11.9. The van der Waals surface area contributed by atoms with Gasteiger partial charge in [-0.25, -0.2) is 4.98 Å². The van der Waals surface area contributed by atoms with E-state index in [4.69, 9.17) is 39.1 Å². The molecule has 3 N–H and O–H groups in total. The number of anilines is 1. The lowest BCUT2D eigenvalue weighted by Gasteiger charge is -2.24. The maximum Gasteiger partial charge on any atom is 0.147 e. The fourth-order valence-electron chi connectivity index (χ4n) is 1.42. The number of amidine groups is 1. The first kappa shape index (κ1) is 15.0. The number of pyridine rings is 1. The highest BCUT2D eigenvalue weighted by Gasteiger charge is 2.12. The molecule has 0 aliphatic heterocycles. The van der Waals surface area contributed by atoms with Crippen LogP contribution in [-0.2, 0) is 4.74 Å². The van der Waals surface area contributed by atoms with Crippen molar-refractivity contribution in [3.05, 3.63) is 22.3 Å². The predicted molar refractivity (Wildman–Crippen MR) is 74.9 cm³/mol. The largest absolute Gasteiger partial charge is 0.388 e. The van der Waals surface area contributed by atoms with E-state index in [9.17, 15) is 0 Å². The first-order valence-corrected chi connectivity index (χ1v) is 6.18. The summed E-state index contributed by atoms with van der Waals surface area (Å²) in [6, 6.07) is 1.64. The van der Waals surface area contributed by atoms with Crippen molar-refractivity contribution in [2.45, 2.75) is 6.42 Å². The van der Waals surface area contributed by atoms with Crippen LogP contribution in [0.5, 0.6) is 0 Å². The van der Waals surface area contributed by atoms with Crippen LogP contribution in [0.4, 0.5) is 5.82 Å². The average molecular weight is 291 g/mol. The molecular weight excluding hydrogens is 275 g/mol. The molecule has 0 aliphatic rings. The average Bonchev–Trinajstić information content (AvgIpc) is 2.30. The smallest absolute Gasteiger partial charge is 0.147 e. The molecule has 7 heteroatoms. The van der Waals surface area contributed by atoms with Crippen LogP contribution in [-0.4, -0.2) is 37.6 Å². The zero-order valence-corrected chi connectivity index (χ0v) is 11.6. The molecule has 0 fully saturated rings. The number of ether oxygens (including phenoxy) is 1. The number of nitrogens with two attached hydrogens (primary N) is 1. The van der Waals surface area contributed by atoms with Gasteiger partial charge in [0.05, 0.1) is 22.5 Å². The van der Waals surface area contributed by atoms with E-state index in [1.807, 2.05) is 4.90 Å². The molecule has 1 heterocycles. The lowest BCUT2D eigenvalue weighted by Crippen LogP contribution is -2.31. The van der Waals surface area contributed by atoms with Crippen molar-refractivity contribution in [2.24, 2.45) is 5.73 Å². The molecule has 18 heavy (non-hydrogen) atoms. The van der Waals surface area contributed by atoms with E-state index in [-0.39, 0.29) is 5.84 Å². The minimum Gasteiger partial charge on any atom is -0.388 e. The van der Waals surface area contributed by atoms with Gasteiger partial charge in [-0.3, -0.25) is 5.41 Å². The predicted octanol–water partition coefficient (Wildman–Crippen LogP) is 2.17. The van der Waals surface area contributed by atoms with Crippen LogP contribution < -0.4 is 10.6 Å². The molecule has 5 nitrogen and oxygen atoms in total. The van der Waals surface area contributed by atoms with Crippen molar-refractivity contribution in [3.63, 3.8) is 0 Å². The van der Waals surface area contributed by atoms with E-state index in [1.54, 1.807) is 13.2 Å². The number of aromatic nitrogens is 1. The number of hydrogen-bond donors (Lipinski definition) is 2. The van der Waals surface area contributed by atoms with Gasteiger partial charge in [0.25, 0.3) is 0 Å². The fraction of sp³-hybridized carbons (Fsp3) is 0.455. The van der Waals surface area contributed by atoms with Crippen LogP contribution in [0.3, 0.4) is 0 Å². The summed E-state index contributed by atoms with van der Waals surface area (Å²) in [7, 11) is 1.63. The lowest BCUT2D eigenvalue weighted by atomic mass is 10.3. The highest BCUT2D eigenvalue weighted by atomic mass is 35.5. The van der Waals surface area contributed by atoms with Crippen LogP contribution in [0.25, 0.3) is 0 Å². The van der Waals surface area contributed by atoms with Gasteiger partial charge < -0.3 is 15.4 Å². The molecule has 0 bridgehead atoms. The summed E-state index contributed by atoms with van der Waals surface area (Å²) in [6.07, 6.45) is 1.99. The van der Waals surface area contributed by atoms with Gasteiger partial charge in [-0.05, 0) is 6.07 Å². The van der Waals surface area contributed by atoms with Crippen LogP contribution in [0.2, 0.25) is 10.0 Å². The highest BCUT2D eigenvalue weighted by molar-refractivity contribution is 6.36. The topological polar surface area (TPSA) is 75.2 Å². The molecular formula is C11H16Cl2N4O. The third-order valence-corrected chi connectivity index (χ3v) is 2.79. The molecule has 0 aromatic carbocycles. The summed E-state index contributed by atoms with van der Waals surface area (Å²) in [4.78, 5) is 6.12. The zero-order valence-electron chi connectivity index (χ0n) is 10.1. The standard InChI is InChI=1S/C11H16Cl2N4O/c1-18-5-4-17(3-2-10(14)15)11-9(13)6-8(12)7-16-11/h6-7H,2-5H2,1H3,(H3,14,15). The molecule has 0 radical (unpaired) electrons. The van der Waals surface area contributed by atoms with Crippen LogP contribution in [0, 0.1) is 5.41 Å². The van der Waals surface area contributed by atoms with E-state index in [0.29, 0.717) is 42.0 Å². The highest BCUT2D eigenvalue weighted by Crippen LogP contribution is 2.25. The van der Waals surface area contributed by atoms with E-state index in [0.717, 1.165) is 0 Å². The Morgan fingerprint density at radius 1 is 1.50 bits per heavy atom. The summed E-state index contributed by atoms with van der Waals surface area (Å²) < 4.78 is 5.04. The number of nitrogens with one attached hydrogen (secondary N) is 1. The third kappa shape index (κ3) is 4.68. The normalized spacial score (nSPS) is 10.4. The molecule has 0 saturated heterocycles. The van der Waals surface area contributed by atoms with Crippen LogP contribution >= 0.6 is 23.2 Å². The molecule has 0 spiro atoms. The first-order valence-electron chi connectivity index (χ1n) is 5.42. The summed E-state index contributed by atoms with van der Waals surface area (Å²) in [5, 5.41) is 8.22. The molecule has 1 aromatic rings. The first-order chi connectivity index (χ1) is 8.54. The van der Waals surface area contributed by atoms with Crippen molar-refractivity contribution in [3.8, 4) is 0 Å². The lowest BCUT2D eigenvalue weighted by molar-refractivity contribution is 0.205. The molecule has 1 rings (SSSR count). The Bertz CT molecular complexity index is 414. The minimum absolute atomic E-state index is 0.127. The van der Waals surface area contributed by atoms with Gasteiger partial charge in [0, 0.05) is 32.8 Å². The van der Waals surface area contributed by atoms with Crippen LogP contribution in [0.1, 0.15) is 6.42 Å². The van der Waals surface area contributed by atoms with Gasteiger partial charge in [-0.2, -0.15) is 0 Å². The Kier molecular flexibility index (Phi) is 6.18. The molecule has 0 unspecified atom stereocenters. The second-order valence-corrected chi connectivity index (χ2v) is 4.56. The molecule has 0 amide bonds. The van der Waals surface area contributed by atoms with Crippen molar-refractivity contribution < 1.29 is 4.74 Å². The third-order valence-electron chi connectivity index (χ3n) is 2.30. The van der Waals surface area contributed by atoms with Crippen molar-refractivity contribution in [1.29, 1.82) is 5.41 Å². The van der Waals surface area contributed by atoms with Crippen molar-refractivity contribution in [2.75, 3.05) is 31.7 Å². The van der Waals surface area contributed by atoms with Gasteiger partial charge in [-0.15, -0.1) is 0 Å². The second kappa shape index (κ2) is 7.41. The number of methoxy groups -OCH3 is 1. The van der Waals surface area contributed by atoms with Crippen LogP contribution in [0.15, 0.2) is 12.3 Å². The summed E-state index contributed by atoms with van der Waals surface area (Å²) in [5.74, 6) is 0.752. The van der Waals surface area contributed by atoms with E-state index >= 15 is 0 Å². The maximum absolute atomic E-state index is 7.26. The summed E-state index contributed by atoms with van der Waals surface area (Å²) in [5.41, 5.74) is 5.36. The second-order valence-electron chi connectivity index (χ2n) is 3.71. The van der Waals surface area contributed by atoms with E-state index < -0.39 is 0 Å². The Labute approximate surface area is 116 Å². The van der Waals surface area contributed by atoms with E-state index in [2.05, 4.69) is 4.98 Å². The monoisotopic (exact) mass is 290 g/mol. The molecule has 100 valence electrons. The van der Waals surface area contributed by atoms with E-state index in [1.165, 1.54) is 6.20 Å². The quantitative estimate of drug-likeness (QED) is 0.596. The number of halogens is 2.